The number of ether oxygens (including phenoxy) is 1. The van der Waals surface area contributed by atoms with Crippen molar-refractivity contribution in [3.63, 3.8) is 0 Å². The van der Waals surface area contributed by atoms with E-state index < -0.39 is 39.5 Å². The number of carbonyl (C=O) groups is 4. The molecule has 39 heavy (non-hydrogen) atoms. The fourth-order valence-corrected chi connectivity index (χ4v) is 8.82. The third kappa shape index (κ3) is 4.97. The maximum atomic E-state index is 13.8. The molecule has 0 aromatic heterocycles. The van der Waals surface area contributed by atoms with Gasteiger partial charge < -0.3 is 4.74 Å². The summed E-state index contributed by atoms with van der Waals surface area (Å²) in [6, 6.07) is 0. The summed E-state index contributed by atoms with van der Waals surface area (Å²) in [4.78, 5) is 51.5. The number of fused-ring (bicyclic) bond motifs is 5. The van der Waals surface area contributed by atoms with Crippen molar-refractivity contribution in [2.45, 2.75) is 90.0 Å². The van der Waals surface area contributed by atoms with Crippen molar-refractivity contribution in [1.29, 1.82) is 0 Å². The van der Waals surface area contributed by atoms with Crippen molar-refractivity contribution in [2.75, 3.05) is 6.61 Å². The molecule has 0 aromatic carbocycles. The molecule has 220 valence electrons. The third-order valence-corrected chi connectivity index (χ3v) is 11.8. The van der Waals surface area contributed by atoms with Crippen LogP contribution in [0.3, 0.4) is 0 Å². The molecule has 0 bridgehead atoms. The molecule has 4 rings (SSSR count). The van der Waals surface area contributed by atoms with Crippen LogP contribution in [0.5, 0.6) is 0 Å². The number of ketones is 3. The molecule has 0 aromatic rings. The van der Waals surface area contributed by atoms with Gasteiger partial charge in [-0.25, -0.2) is 4.39 Å². The van der Waals surface area contributed by atoms with Crippen molar-refractivity contribution in [3.8, 4) is 0 Å². The Hall–Kier alpha value is -1.82. The van der Waals surface area contributed by atoms with Crippen molar-refractivity contribution < 1.29 is 50.1 Å². The second-order valence-corrected chi connectivity index (χ2v) is 14.1. The van der Waals surface area contributed by atoms with Crippen LogP contribution in [0, 0.1) is 46.3 Å². The number of esters is 1. The maximum absolute atomic E-state index is 13.8. The number of hydrogen-bond donors (Lipinski definition) is 1. The number of halogens is 3. The van der Waals surface area contributed by atoms with Gasteiger partial charge in [-0.3, -0.25) is 23.7 Å². The van der Waals surface area contributed by atoms with Gasteiger partial charge in [-0.1, -0.05) is 20.8 Å². The monoisotopic (exact) mass is 578 g/mol. The van der Waals surface area contributed by atoms with Gasteiger partial charge in [0.25, 0.3) is 0 Å². The second-order valence-electron chi connectivity index (χ2n) is 12.7. The number of carbonyl (C=O) groups excluding carboxylic acids is 4. The van der Waals surface area contributed by atoms with Gasteiger partial charge in [0.15, 0.2) is 0 Å². The first-order chi connectivity index (χ1) is 17.9. The largest absolute Gasteiger partial charge is 0.462 e. The Morgan fingerprint density at radius 1 is 1.13 bits per heavy atom. The molecule has 0 radical (unpaired) electrons. The van der Waals surface area contributed by atoms with Gasteiger partial charge in [0.2, 0.25) is 6.17 Å². The highest BCUT2D eigenvalue weighted by molar-refractivity contribution is 7.86. The van der Waals surface area contributed by atoms with Crippen LogP contribution in [0.4, 0.5) is 13.2 Å². The highest BCUT2D eigenvalue weighted by atomic mass is 32.2. The molecule has 9 unspecified atom stereocenters. The van der Waals surface area contributed by atoms with Crippen LogP contribution in [0.2, 0.25) is 0 Å². The normalized spacial score (nSPS) is 38.4. The van der Waals surface area contributed by atoms with Gasteiger partial charge >= 0.3 is 21.3 Å². The minimum atomic E-state index is -6.01. The van der Waals surface area contributed by atoms with Gasteiger partial charge in [-0.05, 0) is 60.7 Å². The topological polar surface area (TPSA) is 132 Å². The molecule has 0 aliphatic heterocycles. The van der Waals surface area contributed by atoms with E-state index in [9.17, 15) is 40.8 Å². The summed E-state index contributed by atoms with van der Waals surface area (Å²) in [5.41, 5.74) is -0.979. The average molecular weight is 579 g/mol. The lowest BCUT2D eigenvalue weighted by Gasteiger charge is -2.58. The van der Waals surface area contributed by atoms with E-state index in [1.165, 1.54) is 0 Å². The zero-order valence-electron chi connectivity index (χ0n) is 22.5. The van der Waals surface area contributed by atoms with Gasteiger partial charge in [0.05, 0.1) is 0 Å². The zero-order chi connectivity index (χ0) is 29.1. The summed E-state index contributed by atoms with van der Waals surface area (Å²) in [5, 5.41) is -5.10. The Labute approximate surface area is 226 Å². The lowest BCUT2D eigenvalue weighted by molar-refractivity contribution is -0.166. The van der Waals surface area contributed by atoms with Crippen LogP contribution in [-0.4, -0.2) is 54.3 Å². The van der Waals surface area contributed by atoms with Crippen molar-refractivity contribution >= 4 is 33.4 Å². The molecule has 0 spiro atoms. The second kappa shape index (κ2) is 10.2. The lowest BCUT2D eigenvalue weighted by Crippen LogP contribution is -2.60. The summed E-state index contributed by atoms with van der Waals surface area (Å²) in [5.74, 6) is -1.33. The van der Waals surface area contributed by atoms with Crippen LogP contribution < -0.4 is 0 Å². The molecule has 4 saturated carbocycles. The summed E-state index contributed by atoms with van der Waals surface area (Å²) < 4.78 is 74.6. The highest BCUT2D eigenvalue weighted by Crippen LogP contribution is 2.66. The van der Waals surface area contributed by atoms with Gasteiger partial charge in [0.1, 0.15) is 24.0 Å². The standard InChI is InChI=1S/C27H37F3O8S/c1-14(4-7-23(34)38-13-21(28)27(29,30)39(35,36)37)17-5-6-18-24-19(12-22(33)26(17,18)3)25(2)9-8-16(31)10-15(25)11-20(24)32/h14-15,17-19,21,24H,4-13H2,1-3H3,(H,35,36,37). The number of alkyl halides is 3. The first-order valence-electron chi connectivity index (χ1n) is 13.7. The van der Waals surface area contributed by atoms with Gasteiger partial charge in [0, 0.05) is 43.4 Å². The molecule has 12 heteroatoms. The molecule has 0 saturated heterocycles. The highest BCUT2D eigenvalue weighted by Gasteiger charge is 2.66. The van der Waals surface area contributed by atoms with E-state index in [4.69, 9.17) is 4.55 Å². The van der Waals surface area contributed by atoms with E-state index in [-0.39, 0.29) is 77.5 Å². The minimum Gasteiger partial charge on any atom is -0.462 e. The summed E-state index contributed by atoms with van der Waals surface area (Å²) in [6.45, 7) is 4.40. The summed E-state index contributed by atoms with van der Waals surface area (Å²) >= 11 is 0. The van der Waals surface area contributed by atoms with Crippen molar-refractivity contribution in [3.05, 3.63) is 0 Å². The molecule has 4 aliphatic carbocycles. The van der Waals surface area contributed by atoms with E-state index >= 15 is 0 Å². The Bertz CT molecular complexity index is 1160. The van der Waals surface area contributed by atoms with Crippen molar-refractivity contribution in [2.24, 2.45) is 46.3 Å². The molecule has 0 heterocycles. The molecule has 0 amide bonds. The Morgan fingerprint density at radius 2 is 1.79 bits per heavy atom. The smallest absolute Gasteiger partial charge is 0.403 e. The summed E-state index contributed by atoms with van der Waals surface area (Å²) in [7, 11) is -6.01. The van der Waals surface area contributed by atoms with Crippen LogP contribution in [0.25, 0.3) is 0 Å². The zero-order valence-corrected chi connectivity index (χ0v) is 23.3. The molecule has 1 N–H and O–H groups in total. The predicted molar refractivity (Wildman–Crippen MR) is 132 cm³/mol. The molecular weight excluding hydrogens is 541 g/mol. The van der Waals surface area contributed by atoms with Crippen LogP contribution in [0.15, 0.2) is 0 Å². The number of Topliss-reactive ketones (excluding diaryl/α,β-unsaturated/α-hetero) is 3. The van der Waals surface area contributed by atoms with Crippen LogP contribution in [-0.2, 0) is 34.0 Å². The van der Waals surface area contributed by atoms with E-state index in [1.807, 2.05) is 13.8 Å². The van der Waals surface area contributed by atoms with Gasteiger partial charge in [-0.2, -0.15) is 17.2 Å². The Morgan fingerprint density at radius 3 is 2.44 bits per heavy atom. The Balaban J connectivity index is 1.40. The SMILES string of the molecule is CC(CCC(=O)OCC(F)C(F)(F)S(=O)(=O)O)C1CCC2C3C(=O)CC4CC(=O)CCC4(C)C3CC(=O)C12C. The maximum Gasteiger partial charge on any atom is 0.403 e. The fourth-order valence-electron chi connectivity index (χ4n) is 8.43. The lowest BCUT2D eigenvalue weighted by atomic mass is 9.44. The quantitative estimate of drug-likeness (QED) is 0.332. The van der Waals surface area contributed by atoms with Crippen LogP contribution in [0.1, 0.15) is 78.6 Å². The van der Waals surface area contributed by atoms with E-state index in [0.29, 0.717) is 38.5 Å². The fraction of sp³-hybridized carbons (Fsp3) is 0.852. The molecule has 9 atom stereocenters. The van der Waals surface area contributed by atoms with Gasteiger partial charge in [-0.15, -0.1) is 0 Å². The average Bonchev–Trinajstić information content (AvgIpc) is 3.20. The molecule has 8 nitrogen and oxygen atoms in total. The minimum absolute atomic E-state index is 0.0202. The number of rotatable bonds is 8. The van der Waals surface area contributed by atoms with Crippen LogP contribution >= 0.6 is 0 Å². The number of hydrogen-bond acceptors (Lipinski definition) is 7. The van der Waals surface area contributed by atoms with Crippen molar-refractivity contribution in [1.82, 2.24) is 0 Å². The third-order valence-electron chi connectivity index (χ3n) is 10.8. The van der Waals surface area contributed by atoms with E-state index in [2.05, 4.69) is 11.7 Å². The molecule has 4 fully saturated rings. The first kappa shape index (κ1) is 30.1. The summed E-state index contributed by atoms with van der Waals surface area (Å²) in [6.07, 6.45) is 0.157. The first-order valence-corrected chi connectivity index (χ1v) is 15.1. The molecular formula is C27H37F3O8S. The molecule has 4 aliphatic rings. The van der Waals surface area contributed by atoms with E-state index in [1.54, 1.807) is 0 Å². The predicted octanol–water partition coefficient (Wildman–Crippen LogP) is 4.35. The Kier molecular flexibility index (Phi) is 7.90. The van der Waals surface area contributed by atoms with E-state index in [0.717, 1.165) is 0 Å².